The number of amides is 1. The van der Waals surface area contributed by atoms with E-state index in [4.69, 9.17) is 9.47 Å². The number of likely N-dealkylation sites (N-methyl/N-ethyl adjacent to an activating group) is 1. The van der Waals surface area contributed by atoms with Crippen LogP contribution in [0, 0.1) is 5.82 Å². The standard InChI is InChI=1S/C17H16BrFN2O3/c1-21(9-17(22)20-13-4-2-3-12(19)6-13)8-11-5-15-16(7-14(11)18)24-10-23-15/h2-7H,8-10H2,1H3,(H,20,22)/p+1. The highest BCUT2D eigenvalue weighted by atomic mass is 79.9. The Balaban J connectivity index is 1.59. The zero-order valence-electron chi connectivity index (χ0n) is 13.1. The summed E-state index contributed by atoms with van der Waals surface area (Å²) in [5.74, 6) is 0.880. The molecule has 0 radical (unpaired) electrons. The number of carbonyl (C=O) groups excluding carboxylic acids is 1. The number of fused-ring (bicyclic) bond motifs is 1. The van der Waals surface area contributed by atoms with E-state index in [0.717, 1.165) is 14.9 Å². The largest absolute Gasteiger partial charge is 0.454 e. The highest BCUT2D eigenvalue weighted by Gasteiger charge is 2.19. The van der Waals surface area contributed by atoms with Gasteiger partial charge in [-0.05, 0) is 30.3 Å². The lowest BCUT2D eigenvalue weighted by Crippen LogP contribution is -3.08. The smallest absolute Gasteiger partial charge is 0.279 e. The van der Waals surface area contributed by atoms with Gasteiger partial charge in [-0.2, -0.15) is 0 Å². The van der Waals surface area contributed by atoms with Crippen molar-refractivity contribution in [2.45, 2.75) is 6.54 Å². The Labute approximate surface area is 147 Å². The van der Waals surface area contributed by atoms with E-state index in [9.17, 15) is 9.18 Å². The summed E-state index contributed by atoms with van der Waals surface area (Å²) in [6.07, 6.45) is 0. The van der Waals surface area contributed by atoms with Crippen LogP contribution in [0.3, 0.4) is 0 Å². The number of benzene rings is 2. The zero-order chi connectivity index (χ0) is 17.1. The number of anilines is 1. The number of carbonyl (C=O) groups is 1. The monoisotopic (exact) mass is 395 g/mol. The summed E-state index contributed by atoms with van der Waals surface area (Å²) < 4.78 is 24.8. The van der Waals surface area contributed by atoms with E-state index in [0.29, 0.717) is 23.7 Å². The summed E-state index contributed by atoms with van der Waals surface area (Å²) in [5.41, 5.74) is 1.48. The predicted molar refractivity (Wildman–Crippen MR) is 90.8 cm³/mol. The van der Waals surface area contributed by atoms with Gasteiger partial charge in [0.2, 0.25) is 6.79 Å². The third-order valence-corrected chi connectivity index (χ3v) is 4.34. The van der Waals surface area contributed by atoms with Crippen molar-refractivity contribution >= 4 is 27.5 Å². The first-order chi connectivity index (χ1) is 11.5. The van der Waals surface area contributed by atoms with E-state index in [-0.39, 0.29) is 25.1 Å². The van der Waals surface area contributed by atoms with E-state index in [1.807, 2.05) is 19.2 Å². The Bertz CT molecular complexity index is 769. The molecule has 7 heteroatoms. The first kappa shape index (κ1) is 16.7. The van der Waals surface area contributed by atoms with Crippen LogP contribution in [0.4, 0.5) is 10.1 Å². The summed E-state index contributed by atoms with van der Waals surface area (Å²) in [6, 6.07) is 9.64. The van der Waals surface area contributed by atoms with Gasteiger partial charge in [-0.15, -0.1) is 0 Å². The summed E-state index contributed by atoms with van der Waals surface area (Å²) in [4.78, 5) is 13.1. The van der Waals surface area contributed by atoms with E-state index >= 15 is 0 Å². The lowest BCUT2D eigenvalue weighted by molar-refractivity contribution is -0.885. The van der Waals surface area contributed by atoms with Crippen molar-refractivity contribution in [3.63, 3.8) is 0 Å². The molecule has 0 aromatic heterocycles. The average molecular weight is 396 g/mol. The molecule has 0 spiro atoms. The van der Waals surface area contributed by atoms with Crippen molar-refractivity contribution in [3.8, 4) is 11.5 Å². The number of nitrogens with one attached hydrogen (secondary N) is 2. The highest BCUT2D eigenvalue weighted by Crippen LogP contribution is 2.36. The van der Waals surface area contributed by atoms with Gasteiger partial charge in [-0.3, -0.25) is 4.79 Å². The van der Waals surface area contributed by atoms with Gasteiger partial charge in [0.05, 0.1) is 7.05 Å². The molecule has 1 unspecified atom stereocenters. The third kappa shape index (κ3) is 4.04. The van der Waals surface area contributed by atoms with Gasteiger partial charge < -0.3 is 19.7 Å². The number of quaternary nitrogens is 1. The van der Waals surface area contributed by atoms with Crippen molar-refractivity contribution < 1.29 is 23.6 Å². The maximum atomic E-state index is 13.1. The van der Waals surface area contributed by atoms with Crippen molar-refractivity contribution in [1.29, 1.82) is 0 Å². The average Bonchev–Trinajstić information content (AvgIpc) is 2.94. The summed E-state index contributed by atoms with van der Waals surface area (Å²) >= 11 is 3.52. The van der Waals surface area contributed by atoms with Gasteiger partial charge in [0.25, 0.3) is 5.91 Å². The molecule has 2 aromatic carbocycles. The van der Waals surface area contributed by atoms with Crippen LogP contribution in [0.2, 0.25) is 0 Å². The second-order valence-electron chi connectivity index (χ2n) is 5.67. The molecule has 0 aliphatic carbocycles. The quantitative estimate of drug-likeness (QED) is 0.813. The number of ether oxygens (including phenoxy) is 2. The molecule has 0 fully saturated rings. The molecule has 24 heavy (non-hydrogen) atoms. The van der Waals surface area contributed by atoms with Gasteiger partial charge in [-0.1, -0.05) is 22.0 Å². The number of hydrogen-bond donors (Lipinski definition) is 2. The van der Waals surface area contributed by atoms with Crippen LogP contribution < -0.4 is 19.7 Å². The van der Waals surface area contributed by atoms with Crippen LogP contribution in [0.25, 0.3) is 0 Å². The zero-order valence-corrected chi connectivity index (χ0v) is 14.7. The Morgan fingerprint density at radius 3 is 2.79 bits per heavy atom. The van der Waals surface area contributed by atoms with Gasteiger partial charge in [0.1, 0.15) is 12.4 Å². The van der Waals surface area contributed by atoms with Crippen LogP contribution in [0.15, 0.2) is 40.9 Å². The molecule has 1 amide bonds. The predicted octanol–water partition coefficient (Wildman–Crippen LogP) is 1.97. The SMILES string of the molecule is C[NH+](CC(=O)Nc1cccc(F)c1)Cc1cc2c(cc1Br)OCO2. The van der Waals surface area contributed by atoms with Crippen molar-refractivity contribution in [3.05, 3.63) is 52.3 Å². The van der Waals surface area contributed by atoms with Crippen molar-refractivity contribution in [2.24, 2.45) is 0 Å². The molecular formula is C17H17BrFN2O3+. The lowest BCUT2D eigenvalue weighted by atomic mass is 10.2. The normalized spacial score (nSPS) is 13.6. The molecule has 0 bridgehead atoms. The second-order valence-corrected chi connectivity index (χ2v) is 6.52. The lowest BCUT2D eigenvalue weighted by Gasteiger charge is -2.15. The van der Waals surface area contributed by atoms with Crippen molar-refractivity contribution in [1.82, 2.24) is 0 Å². The molecule has 0 saturated heterocycles. The number of rotatable bonds is 5. The third-order valence-electron chi connectivity index (χ3n) is 3.60. The molecule has 1 atom stereocenters. The van der Waals surface area contributed by atoms with E-state index < -0.39 is 0 Å². The molecule has 1 aliphatic heterocycles. The summed E-state index contributed by atoms with van der Waals surface area (Å²) in [7, 11) is 1.92. The van der Waals surface area contributed by atoms with Gasteiger partial charge in [0, 0.05) is 15.7 Å². The second kappa shape index (κ2) is 7.19. The Morgan fingerprint density at radius 1 is 1.29 bits per heavy atom. The molecule has 5 nitrogen and oxygen atoms in total. The number of halogens is 2. The van der Waals surface area contributed by atoms with Gasteiger partial charge in [-0.25, -0.2) is 4.39 Å². The number of hydrogen-bond acceptors (Lipinski definition) is 3. The van der Waals surface area contributed by atoms with E-state index in [1.54, 1.807) is 12.1 Å². The molecule has 3 rings (SSSR count). The maximum absolute atomic E-state index is 13.1. The topological polar surface area (TPSA) is 52.0 Å². The van der Waals surface area contributed by atoms with Crippen molar-refractivity contribution in [2.75, 3.05) is 25.7 Å². The molecule has 0 saturated carbocycles. The van der Waals surface area contributed by atoms with Gasteiger partial charge >= 0.3 is 0 Å². The maximum Gasteiger partial charge on any atom is 0.279 e. The minimum Gasteiger partial charge on any atom is -0.454 e. The van der Waals surface area contributed by atoms with Crippen LogP contribution in [-0.4, -0.2) is 26.3 Å². The Morgan fingerprint density at radius 2 is 2.04 bits per heavy atom. The van der Waals surface area contributed by atoms with E-state index in [2.05, 4.69) is 21.2 Å². The Kier molecular flexibility index (Phi) is 5.01. The van der Waals surface area contributed by atoms with Crippen LogP contribution in [0.1, 0.15) is 5.56 Å². The minimum absolute atomic E-state index is 0.171. The first-order valence-electron chi connectivity index (χ1n) is 7.46. The minimum atomic E-state index is -0.377. The van der Waals surface area contributed by atoms with Crippen LogP contribution >= 0.6 is 15.9 Å². The highest BCUT2D eigenvalue weighted by molar-refractivity contribution is 9.10. The fourth-order valence-electron chi connectivity index (χ4n) is 2.53. The molecule has 2 N–H and O–H groups in total. The fourth-order valence-corrected chi connectivity index (χ4v) is 2.99. The summed E-state index contributed by atoms with van der Waals surface area (Å²) in [6.45, 7) is 1.12. The Hall–Kier alpha value is -2.12. The van der Waals surface area contributed by atoms with Gasteiger partial charge in [0.15, 0.2) is 18.0 Å². The fraction of sp³-hybridized carbons (Fsp3) is 0.235. The molecular weight excluding hydrogens is 379 g/mol. The van der Waals surface area contributed by atoms with Crippen LogP contribution in [-0.2, 0) is 11.3 Å². The first-order valence-corrected chi connectivity index (χ1v) is 8.25. The molecule has 1 aliphatic rings. The summed E-state index contributed by atoms with van der Waals surface area (Å²) in [5, 5.41) is 2.70. The molecule has 1 heterocycles. The molecule has 126 valence electrons. The van der Waals surface area contributed by atoms with E-state index in [1.165, 1.54) is 12.1 Å². The van der Waals surface area contributed by atoms with Crippen LogP contribution in [0.5, 0.6) is 11.5 Å². The molecule has 2 aromatic rings.